The van der Waals surface area contributed by atoms with E-state index in [2.05, 4.69) is 0 Å². The van der Waals surface area contributed by atoms with Gasteiger partial charge in [0.2, 0.25) is 0 Å². The number of esters is 1. The number of unbranched alkanes of at least 4 members (excludes halogenated alkanes) is 1. The SMILES string of the molecule is CCCCC(F)C(/C=C/C1C(C(=O)OC)CC2OC(O)CC21)OC1CCCCO1. The molecule has 0 aromatic heterocycles. The molecule has 2 heterocycles. The molecular formula is C22H35FO6. The summed E-state index contributed by atoms with van der Waals surface area (Å²) in [5.74, 6) is -0.783. The number of carbonyl (C=O) groups is 1. The number of fused-ring (bicyclic) bond motifs is 1. The second-order valence-electron chi connectivity index (χ2n) is 8.41. The van der Waals surface area contributed by atoms with Crippen LogP contribution in [0.25, 0.3) is 0 Å². The molecule has 0 bridgehead atoms. The van der Waals surface area contributed by atoms with Gasteiger partial charge in [0.05, 0.1) is 19.1 Å². The van der Waals surface area contributed by atoms with Gasteiger partial charge in [0.25, 0.3) is 0 Å². The highest BCUT2D eigenvalue weighted by atomic mass is 19.1. The fourth-order valence-electron chi connectivity index (χ4n) is 4.81. The molecule has 0 aromatic carbocycles. The van der Waals surface area contributed by atoms with Gasteiger partial charge in [0.15, 0.2) is 12.6 Å². The molecule has 6 nitrogen and oxygen atoms in total. The standard InChI is InChI=1S/C22H35FO6/c1-3-4-7-17(23)18(29-21-8-5-6-11-27-21)10-9-14-15-13-20(24)28-19(15)12-16(14)22(25)26-2/h9-10,14-21,24H,3-8,11-13H2,1-2H3/b10-9+. The molecule has 29 heavy (non-hydrogen) atoms. The number of allylic oxidation sites excluding steroid dienone is 1. The lowest BCUT2D eigenvalue weighted by molar-refractivity contribution is -0.189. The molecule has 7 heteroatoms. The second kappa shape index (κ2) is 10.8. The van der Waals surface area contributed by atoms with Crippen molar-refractivity contribution in [3.05, 3.63) is 12.2 Å². The Morgan fingerprint density at radius 2 is 2.17 bits per heavy atom. The summed E-state index contributed by atoms with van der Waals surface area (Å²) in [5.41, 5.74) is 0. The molecule has 166 valence electrons. The van der Waals surface area contributed by atoms with Crippen molar-refractivity contribution in [2.75, 3.05) is 13.7 Å². The Morgan fingerprint density at radius 3 is 2.86 bits per heavy atom. The first-order chi connectivity index (χ1) is 14.0. The van der Waals surface area contributed by atoms with Crippen LogP contribution in [0.2, 0.25) is 0 Å². The molecule has 1 aliphatic carbocycles. The number of aliphatic hydroxyl groups is 1. The average Bonchev–Trinajstić information content (AvgIpc) is 3.25. The molecule has 2 saturated heterocycles. The molecule has 0 amide bonds. The minimum absolute atomic E-state index is 0.0191. The van der Waals surface area contributed by atoms with E-state index >= 15 is 0 Å². The van der Waals surface area contributed by atoms with Gasteiger partial charge in [0, 0.05) is 13.0 Å². The number of carbonyl (C=O) groups excluding carboxylic acids is 1. The molecule has 3 rings (SSSR count). The Bertz CT molecular complexity index is 549. The van der Waals surface area contributed by atoms with Crippen molar-refractivity contribution in [3.63, 3.8) is 0 Å². The van der Waals surface area contributed by atoms with Gasteiger partial charge in [-0.1, -0.05) is 31.9 Å². The average molecular weight is 415 g/mol. The van der Waals surface area contributed by atoms with Gasteiger partial charge in [-0.05, 0) is 43.9 Å². The third kappa shape index (κ3) is 5.78. The van der Waals surface area contributed by atoms with Crippen LogP contribution >= 0.6 is 0 Å². The summed E-state index contributed by atoms with van der Waals surface area (Å²) in [7, 11) is 1.38. The molecule has 2 aliphatic heterocycles. The van der Waals surface area contributed by atoms with Crippen LogP contribution in [0, 0.1) is 17.8 Å². The quantitative estimate of drug-likeness (QED) is 0.460. The second-order valence-corrected chi connectivity index (χ2v) is 8.41. The first-order valence-corrected chi connectivity index (χ1v) is 11.0. The summed E-state index contributed by atoms with van der Waals surface area (Å²) in [4.78, 5) is 12.3. The Morgan fingerprint density at radius 1 is 1.34 bits per heavy atom. The van der Waals surface area contributed by atoms with E-state index in [0.29, 0.717) is 25.9 Å². The van der Waals surface area contributed by atoms with Crippen molar-refractivity contribution in [2.24, 2.45) is 17.8 Å². The summed E-state index contributed by atoms with van der Waals surface area (Å²) in [5, 5.41) is 9.85. The normalized spacial score (nSPS) is 36.8. The van der Waals surface area contributed by atoms with Gasteiger partial charge in [-0.15, -0.1) is 0 Å². The van der Waals surface area contributed by atoms with Crippen LogP contribution in [-0.4, -0.2) is 55.8 Å². The van der Waals surface area contributed by atoms with E-state index in [-0.39, 0.29) is 36.1 Å². The van der Waals surface area contributed by atoms with Crippen molar-refractivity contribution >= 4 is 5.97 Å². The third-order valence-electron chi connectivity index (χ3n) is 6.39. The van der Waals surface area contributed by atoms with Crippen molar-refractivity contribution < 1.29 is 33.2 Å². The van der Waals surface area contributed by atoms with Crippen LogP contribution in [0.5, 0.6) is 0 Å². The van der Waals surface area contributed by atoms with Gasteiger partial charge in [0.1, 0.15) is 12.3 Å². The molecule has 0 spiro atoms. The Labute approximate surface area is 172 Å². The van der Waals surface area contributed by atoms with Gasteiger partial charge >= 0.3 is 5.97 Å². The summed E-state index contributed by atoms with van der Waals surface area (Å²) >= 11 is 0. The first-order valence-electron chi connectivity index (χ1n) is 11.0. The van der Waals surface area contributed by atoms with E-state index in [4.69, 9.17) is 18.9 Å². The molecular weight excluding hydrogens is 379 g/mol. The summed E-state index contributed by atoms with van der Waals surface area (Å²) in [6.07, 6.45) is 6.34. The van der Waals surface area contributed by atoms with Crippen molar-refractivity contribution in [1.29, 1.82) is 0 Å². The minimum atomic E-state index is -1.13. The monoisotopic (exact) mass is 414 g/mol. The fraction of sp³-hybridized carbons (Fsp3) is 0.864. The Balaban J connectivity index is 1.72. The molecule has 1 N–H and O–H groups in total. The number of aliphatic hydroxyl groups excluding tert-OH is 1. The van der Waals surface area contributed by atoms with Gasteiger partial charge in [-0.25, -0.2) is 4.39 Å². The van der Waals surface area contributed by atoms with E-state index in [1.165, 1.54) is 7.11 Å². The Hall–Kier alpha value is -1.02. The number of hydrogen-bond acceptors (Lipinski definition) is 6. The predicted molar refractivity (Wildman–Crippen MR) is 105 cm³/mol. The summed E-state index contributed by atoms with van der Waals surface area (Å²) in [6, 6.07) is 0. The first kappa shape index (κ1) is 22.7. The molecule has 3 fully saturated rings. The lowest BCUT2D eigenvalue weighted by atomic mass is 9.86. The largest absolute Gasteiger partial charge is 0.469 e. The third-order valence-corrected chi connectivity index (χ3v) is 6.39. The lowest BCUT2D eigenvalue weighted by Gasteiger charge is -2.28. The number of alkyl halides is 1. The molecule has 8 unspecified atom stereocenters. The molecule has 8 atom stereocenters. The van der Waals surface area contributed by atoms with Gasteiger partial charge in [-0.3, -0.25) is 4.79 Å². The van der Waals surface area contributed by atoms with E-state index in [1.807, 2.05) is 13.0 Å². The number of rotatable bonds is 9. The zero-order valence-electron chi connectivity index (χ0n) is 17.5. The predicted octanol–water partition coefficient (Wildman–Crippen LogP) is 3.52. The van der Waals surface area contributed by atoms with Crippen molar-refractivity contribution in [3.8, 4) is 0 Å². The highest BCUT2D eigenvalue weighted by molar-refractivity contribution is 5.73. The lowest BCUT2D eigenvalue weighted by Crippen LogP contribution is -2.33. The fourth-order valence-corrected chi connectivity index (χ4v) is 4.81. The molecule has 0 aromatic rings. The van der Waals surface area contributed by atoms with Crippen LogP contribution in [0.3, 0.4) is 0 Å². The minimum Gasteiger partial charge on any atom is -0.469 e. The number of methoxy groups -OCH3 is 1. The zero-order valence-corrected chi connectivity index (χ0v) is 17.5. The molecule has 0 radical (unpaired) electrons. The number of hydrogen-bond donors (Lipinski definition) is 1. The topological polar surface area (TPSA) is 74.2 Å². The van der Waals surface area contributed by atoms with E-state index < -0.39 is 18.6 Å². The summed E-state index contributed by atoms with van der Waals surface area (Å²) in [6.45, 7) is 2.67. The van der Waals surface area contributed by atoms with E-state index in [0.717, 1.165) is 32.1 Å². The maximum absolute atomic E-state index is 14.9. The number of halogens is 1. The number of ether oxygens (including phenoxy) is 4. The van der Waals surface area contributed by atoms with E-state index in [1.54, 1.807) is 6.08 Å². The zero-order chi connectivity index (χ0) is 20.8. The maximum atomic E-state index is 14.9. The highest BCUT2D eigenvalue weighted by Crippen LogP contribution is 2.47. The Kier molecular flexibility index (Phi) is 8.47. The van der Waals surface area contributed by atoms with Crippen LogP contribution in [0.15, 0.2) is 12.2 Å². The van der Waals surface area contributed by atoms with Crippen LogP contribution in [-0.2, 0) is 23.7 Å². The molecule has 3 aliphatic rings. The van der Waals surface area contributed by atoms with Crippen molar-refractivity contribution in [2.45, 2.75) is 89.2 Å². The van der Waals surface area contributed by atoms with Gasteiger partial charge < -0.3 is 24.1 Å². The summed E-state index contributed by atoms with van der Waals surface area (Å²) < 4.78 is 37.1. The van der Waals surface area contributed by atoms with Crippen molar-refractivity contribution in [1.82, 2.24) is 0 Å². The van der Waals surface area contributed by atoms with Gasteiger partial charge in [-0.2, -0.15) is 0 Å². The molecule has 1 saturated carbocycles. The van der Waals surface area contributed by atoms with E-state index in [9.17, 15) is 14.3 Å². The maximum Gasteiger partial charge on any atom is 0.309 e. The highest BCUT2D eigenvalue weighted by Gasteiger charge is 2.51. The van der Waals surface area contributed by atoms with Crippen LogP contribution in [0.4, 0.5) is 4.39 Å². The van der Waals surface area contributed by atoms with Crippen LogP contribution < -0.4 is 0 Å². The smallest absolute Gasteiger partial charge is 0.309 e. The van der Waals surface area contributed by atoms with Crippen LogP contribution in [0.1, 0.15) is 58.3 Å².